The first-order chi connectivity index (χ1) is 8.86. The van der Waals surface area contributed by atoms with E-state index in [-0.39, 0.29) is 17.9 Å². The number of esters is 1. The first kappa shape index (κ1) is 14.4. The first-order valence-electron chi connectivity index (χ1n) is 5.16. The van der Waals surface area contributed by atoms with Crippen LogP contribution in [0.2, 0.25) is 0 Å². The van der Waals surface area contributed by atoms with Gasteiger partial charge in [-0.05, 0) is 12.1 Å². The molecule has 0 heterocycles. The van der Waals surface area contributed by atoms with Crippen LogP contribution in [-0.4, -0.2) is 47.5 Å². The van der Waals surface area contributed by atoms with Crippen molar-refractivity contribution in [1.29, 1.82) is 0 Å². The van der Waals surface area contributed by atoms with Crippen molar-refractivity contribution < 1.29 is 24.4 Å². The van der Waals surface area contributed by atoms with E-state index in [1.54, 1.807) is 0 Å². The third-order valence-corrected chi connectivity index (χ3v) is 2.35. The molecule has 0 spiro atoms. The lowest BCUT2D eigenvalue weighted by Gasteiger charge is -2.15. The molecule has 1 amide bonds. The normalized spacial score (nSPS) is 9.79. The molecule has 0 atom stereocenters. The van der Waals surface area contributed by atoms with Gasteiger partial charge in [0.15, 0.2) is 0 Å². The molecule has 0 radical (unpaired) electrons. The number of hydrogen-bond donors (Lipinski definition) is 1. The predicted octanol–water partition coefficient (Wildman–Crippen LogP) is 0.545. The second kappa shape index (κ2) is 5.80. The second-order valence-electron chi connectivity index (χ2n) is 3.70. The van der Waals surface area contributed by atoms with Gasteiger partial charge >= 0.3 is 5.97 Å². The van der Waals surface area contributed by atoms with Crippen molar-refractivity contribution in [2.24, 2.45) is 0 Å². The number of methoxy groups -OCH3 is 1. The number of benzene rings is 1. The summed E-state index contributed by atoms with van der Waals surface area (Å²) in [6.07, 6.45) is 0. The maximum Gasteiger partial charge on any atom is 0.325 e. The van der Waals surface area contributed by atoms with Crippen LogP contribution in [0.5, 0.6) is 5.75 Å². The van der Waals surface area contributed by atoms with Crippen molar-refractivity contribution >= 4 is 17.6 Å². The number of rotatable bonds is 4. The number of carbonyl (C=O) groups excluding carboxylic acids is 2. The Labute approximate surface area is 108 Å². The Kier molecular flexibility index (Phi) is 4.41. The molecule has 1 N–H and O–H groups in total. The molecule has 8 nitrogen and oxygen atoms in total. The third kappa shape index (κ3) is 3.41. The highest BCUT2D eigenvalue weighted by Gasteiger charge is 2.24. The fourth-order valence-corrected chi connectivity index (χ4v) is 1.39. The van der Waals surface area contributed by atoms with Crippen LogP contribution in [0.25, 0.3) is 0 Å². The molecule has 8 heteroatoms. The zero-order chi connectivity index (χ0) is 14.6. The lowest BCUT2D eigenvalue weighted by molar-refractivity contribution is -0.385. The fraction of sp³-hybridized carbons (Fsp3) is 0.273. The molecule has 0 aliphatic carbocycles. The molecule has 0 unspecified atom stereocenters. The number of likely N-dealkylation sites (N-methyl/N-ethyl adjacent to an activating group) is 1. The van der Waals surface area contributed by atoms with E-state index < -0.39 is 22.5 Å². The quantitative estimate of drug-likeness (QED) is 0.485. The summed E-state index contributed by atoms with van der Waals surface area (Å²) in [5, 5.41) is 20.1. The van der Waals surface area contributed by atoms with Crippen LogP contribution >= 0.6 is 0 Å². The molecule has 1 aromatic rings. The molecular weight excluding hydrogens is 256 g/mol. The number of aromatic hydroxyl groups is 1. The fourth-order valence-electron chi connectivity index (χ4n) is 1.39. The Morgan fingerprint density at radius 1 is 1.47 bits per heavy atom. The number of nitro groups is 1. The van der Waals surface area contributed by atoms with Gasteiger partial charge in [-0.25, -0.2) is 0 Å². The Morgan fingerprint density at radius 2 is 2.11 bits per heavy atom. The zero-order valence-corrected chi connectivity index (χ0v) is 10.3. The standard InChI is InChI=1S/C11H12N2O6/c1-12(6-10(15)19-2)11(16)8-5-7(14)3-4-9(8)13(17)18/h3-5,14H,6H2,1-2H3. The summed E-state index contributed by atoms with van der Waals surface area (Å²) in [7, 11) is 2.46. The van der Waals surface area contributed by atoms with Crippen LogP contribution in [0.3, 0.4) is 0 Å². The molecule has 102 valence electrons. The van der Waals surface area contributed by atoms with E-state index in [0.717, 1.165) is 30.2 Å². The summed E-state index contributed by atoms with van der Waals surface area (Å²) in [6, 6.07) is 3.11. The molecule has 0 aliphatic heterocycles. The number of nitro benzene ring substituents is 1. The van der Waals surface area contributed by atoms with Crippen molar-refractivity contribution in [2.75, 3.05) is 20.7 Å². The van der Waals surface area contributed by atoms with E-state index in [0.29, 0.717) is 0 Å². The van der Waals surface area contributed by atoms with Gasteiger partial charge in [-0.1, -0.05) is 0 Å². The number of hydrogen-bond acceptors (Lipinski definition) is 6. The molecule has 19 heavy (non-hydrogen) atoms. The van der Waals surface area contributed by atoms with Crippen LogP contribution in [0.15, 0.2) is 18.2 Å². The van der Waals surface area contributed by atoms with E-state index in [1.807, 2.05) is 0 Å². The molecule has 0 aromatic heterocycles. The van der Waals surface area contributed by atoms with Crippen LogP contribution < -0.4 is 0 Å². The average molecular weight is 268 g/mol. The summed E-state index contributed by atoms with van der Waals surface area (Å²) < 4.78 is 4.39. The summed E-state index contributed by atoms with van der Waals surface area (Å²) in [6.45, 7) is -0.345. The minimum absolute atomic E-state index is 0.277. The highest BCUT2D eigenvalue weighted by molar-refractivity contribution is 5.99. The number of amides is 1. The zero-order valence-electron chi connectivity index (χ0n) is 10.3. The minimum atomic E-state index is -0.756. The lowest BCUT2D eigenvalue weighted by Crippen LogP contribution is -2.33. The van der Waals surface area contributed by atoms with Gasteiger partial charge in [0.05, 0.1) is 12.0 Å². The number of phenolic OH excluding ortho intramolecular Hbond substituents is 1. The topological polar surface area (TPSA) is 110 Å². The predicted molar refractivity (Wildman–Crippen MR) is 63.7 cm³/mol. The van der Waals surface area contributed by atoms with Crippen molar-refractivity contribution in [3.63, 3.8) is 0 Å². The van der Waals surface area contributed by atoms with Gasteiger partial charge in [-0.15, -0.1) is 0 Å². The van der Waals surface area contributed by atoms with Gasteiger partial charge in [-0.3, -0.25) is 19.7 Å². The highest BCUT2D eigenvalue weighted by atomic mass is 16.6. The van der Waals surface area contributed by atoms with Crippen LogP contribution in [0.1, 0.15) is 10.4 Å². The average Bonchev–Trinajstić information content (AvgIpc) is 2.36. The molecular formula is C11H12N2O6. The molecule has 0 aliphatic rings. The van der Waals surface area contributed by atoms with E-state index in [4.69, 9.17) is 0 Å². The summed E-state index contributed by atoms with van der Waals surface area (Å²) in [4.78, 5) is 34.0. The Morgan fingerprint density at radius 3 is 2.63 bits per heavy atom. The van der Waals surface area contributed by atoms with E-state index in [9.17, 15) is 24.8 Å². The van der Waals surface area contributed by atoms with Crippen molar-refractivity contribution in [2.45, 2.75) is 0 Å². The van der Waals surface area contributed by atoms with Gasteiger partial charge in [-0.2, -0.15) is 0 Å². The van der Waals surface area contributed by atoms with Gasteiger partial charge in [0.2, 0.25) is 0 Å². The van der Waals surface area contributed by atoms with Crippen LogP contribution in [-0.2, 0) is 9.53 Å². The molecule has 0 saturated carbocycles. The van der Waals surface area contributed by atoms with Gasteiger partial charge in [0.25, 0.3) is 11.6 Å². The van der Waals surface area contributed by atoms with Crippen molar-refractivity contribution in [3.8, 4) is 5.75 Å². The Bertz CT molecular complexity index is 528. The summed E-state index contributed by atoms with van der Waals surface area (Å²) in [5.74, 6) is -1.69. The van der Waals surface area contributed by atoms with Gasteiger partial charge < -0.3 is 14.7 Å². The molecule has 1 aromatic carbocycles. The van der Waals surface area contributed by atoms with Crippen LogP contribution in [0.4, 0.5) is 5.69 Å². The van der Waals surface area contributed by atoms with E-state index in [1.165, 1.54) is 7.05 Å². The number of nitrogens with zero attached hydrogens (tertiary/aromatic N) is 2. The van der Waals surface area contributed by atoms with Crippen molar-refractivity contribution in [1.82, 2.24) is 4.90 Å². The second-order valence-corrected chi connectivity index (χ2v) is 3.70. The maximum atomic E-state index is 12.0. The summed E-state index contributed by atoms with van der Waals surface area (Å²) in [5.41, 5.74) is -0.740. The van der Waals surface area contributed by atoms with Crippen molar-refractivity contribution in [3.05, 3.63) is 33.9 Å². The SMILES string of the molecule is COC(=O)CN(C)C(=O)c1cc(O)ccc1[N+](=O)[O-]. The molecule has 0 fully saturated rings. The lowest BCUT2D eigenvalue weighted by atomic mass is 10.1. The number of carbonyl (C=O) groups is 2. The minimum Gasteiger partial charge on any atom is -0.508 e. The molecule has 0 bridgehead atoms. The monoisotopic (exact) mass is 268 g/mol. The van der Waals surface area contributed by atoms with Gasteiger partial charge in [0.1, 0.15) is 17.9 Å². The summed E-state index contributed by atoms with van der Waals surface area (Å²) >= 11 is 0. The maximum absolute atomic E-state index is 12.0. The number of ether oxygens (including phenoxy) is 1. The number of phenols is 1. The smallest absolute Gasteiger partial charge is 0.325 e. The van der Waals surface area contributed by atoms with E-state index >= 15 is 0 Å². The Hall–Kier alpha value is -2.64. The van der Waals surface area contributed by atoms with Gasteiger partial charge in [0, 0.05) is 13.1 Å². The highest BCUT2D eigenvalue weighted by Crippen LogP contribution is 2.24. The van der Waals surface area contributed by atoms with Crippen LogP contribution in [0, 0.1) is 10.1 Å². The molecule has 0 saturated heterocycles. The molecule has 1 rings (SSSR count). The largest absolute Gasteiger partial charge is 0.508 e. The third-order valence-electron chi connectivity index (χ3n) is 2.35. The Balaban J connectivity index is 3.07. The van der Waals surface area contributed by atoms with E-state index in [2.05, 4.69) is 4.74 Å². The first-order valence-corrected chi connectivity index (χ1v) is 5.16.